The standard InChI is InChI=1S/C27H34N4O5/c1-27(2,3)36-26(35)31-15-12-20(25(33)34)21(17-31)18-8-6-9-19(16-18)28-24(32)22-10-7-11-23(29-22)30-13-4-5-14-30/h6-11,16,20-21H,4-5,12-15,17H2,1-3H3,(H,28,32)(H,33,34)/t20-,21+/m1/s1. The molecule has 0 bridgehead atoms. The van der Waals surface area contributed by atoms with Crippen LogP contribution in [0.5, 0.6) is 0 Å². The van der Waals surface area contributed by atoms with E-state index in [-0.39, 0.29) is 12.5 Å². The number of anilines is 2. The number of hydrogen-bond donors (Lipinski definition) is 2. The molecule has 0 unspecified atom stereocenters. The monoisotopic (exact) mass is 494 g/mol. The van der Waals surface area contributed by atoms with E-state index in [2.05, 4.69) is 15.2 Å². The van der Waals surface area contributed by atoms with Crippen molar-refractivity contribution in [2.45, 2.75) is 51.6 Å². The minimum Gasteiger partial charge on any atom is -0.481 e. The van der Waals surface area contributed by atoms with E-state index in [0.717, 1.165) is 37.3 Å². The second-order valence-electron chi connectivity index (χ2n) is 10.4. The molecule has 9 heteroatoms. The summed E-state index contributed by atoms with van der Waals surface area (Å²) in [6.07, 6.45) is 2.11. The lowest BCUT2D eigenvalue weighted by atomic mass is 9.80. The van der Waals surface area contributed by atoms with Crippen LogP contribution < -0.4 is 10.2 Å². The second-order valence-corrected chi connectivity index (χ2v) is 10.4. The number of carbonyl (C=O) groups excluding carboxylic acids is 2. The van der Waals surface area contributed by atoms with E-state index >= 15 is 0 Å². The Balaban J connectivity index is 1.51. The molecule has 0 spiro atoms. The number of rotatable bonds is 5. The molecule has 4 rings (SSSR count). The van der Waals surface area contributed by atoms with Crippen LogP contribution in [0, 0.1) is 5.92 Å². The smallest absolute Gasteiger partial charge is 0.410 e. The van der Waals surface area contributed by atoms with E-state index in [9.17, 15) is 19.5 Å². The zero-order valence-corrected chi connectivity index (χ0v) is 21.1. The number of aliphatic carboxylic acids is 1. The van der Waals surface area contributed by atoms with Gasteiger partial charge < -0.3 is 25.0 Å². The van der Waals surface area contributed by atoms with Crippen molar-refractivity contribution in [3.8, 4) is 0 Å². The average Bonchev–Trinajstić information content (AvgIpc) is 3.38. The van der Waals surface area contributed by atoms with Crippen LogP contribution in [0.1, 0.15) is 62.0 Å². The van der Waals surface area contributed by atoms with Crippen molar-refractivity contribution < 1.29 is 24.2 Å². The fourth-order valence-corrected chi connectivity index (χ4v) is 4.79. The number of likely N-dealkylation sites (tertiary alicyclic amines) is 1. The van der Waals surface area contributed by atoms with Crippen LogP contribution >= 0.6 is 0 Å². The highest BCUT2D eigenvalue weighted by Crippen LogP contribution is 2.34. The van der Waals surface area contributed by atoms with Crippen LogP contribution in [0.3, 0.4) is 0 Å². The highest BCUT2D eigenvalue weighted by Gasteiger charge is 2.38. The largest absolute Gasteiger partial charge is 0.481 e. The quantitative estimate of drug-likeness (QED) is 0.635. The lowest BCUT2D eigenvalue weighted by Gasteiger charge is -2.37. The molecule has 1 aromatic carbocycles. The second kappa shape index (κ2) is 10.6. The molecular weight excluding hydrogens is 460 g/mol. The number of amides is 2. The van der Waals surface area contributed by atoms with Gasteiger partial charge in [-0.1, -0.05) is 18.2 Å². The number of nitrogens with zero attached hydrogens (tertiary/aromatic N) is 3. The number of piperidine rings is 1. The predicted octanol–water partition coefficient (Wildman–Crippen LogP) is 4.36. The molecule has 2 fully saturated rings. The lowest BCUT2D eigenvalue weighted by molar-refractivity contribution is -0.144. The number of pyridine rings is 1. The van der Waals surface area contributed by atoms with Crippen LogP contribution in [0.2, 0.25) is 0 Å². The number of aromatic nitrogens is 1. The number of ether oxygens (including phenoxy) is 1. The molecule has 36 heavy (non-hydrogen) atoms. The van der Waals surface area contributed by atoms with Gasteiger partial charge in [-0.3, -0.25) is 9.59 Å². The molecule has 0 saturated carbocycles. The van der Waals surface area contributed by atoms with Crippen LogP contribution in [0.15, 0.2) is 42.5 Å². The molecule has 0 radical (unpaired) electrons. The fourth-order valence-electron chi connectivity index (χ4n) is 4.79. The van der Waals surface area contributed by atoms with Gasteiger partial charge in [-0.25, -0.2) is 9.78 Å². The summed E-state index contributed by atoms with van der Waals surface area (Å²) in [5.41, 5.74) is 0.971. The first kappa shape index (κ1) is 25.5. The summed E-state index contributed by atoms with van der Waals surface area (Å²) in [6.45, 7) is 7.82. The van der Waals surface area contributed by atoms with Crippen molar-refractivity contribution in [1.29, 1.82) is 0 Å². The van der Waals surface area contributed by atoms with Crippen molar-refractivity contribution in [2.24, 2.45) is 5.92 Å². The molecule has 2 saturated heterocycles. The van der Waals surface area contributed by atoms with Crippen LogP contribution in [-0.4, -0.2) is 64.7 Å². The zero-order chi connectivity index (χ0) is 25.9. The van der Waals surface area contributed by atoms with Gasteiger partial charge in [0.25, 0.3) is 5.91 Å². The van der Waals surface area contributed by atoms with Crippen molar-refractivity contribution in [3.63, 3.8) is 0 Å². The molecule has 2 aliphatic heterocycles. The van der Waals surface area contributed by atoms with E-state index in [1.54, 1.807) is 49.9 Å². The Morgan fingerprint density at radius 3 is 2.47 bits per heavy atom. The summed E-state index contributed by atoms with van der Waals surface area (Å²) in [5.74, 6) is -1.52. The van der Waals surface area contributed by atoms with Gasteiger partial charge in [0, 0.05) is 37.8 Å². The third-order valence-corrected chi connectivity index (χ3v) is 6.55. The molecule has 2 aromatic rings. The van der Waals surface area contributed by atoms with E-state index in [4.69, 9.17) is 4.74 Å². The maximum Gasteiger partial charge on any atom is 0.410 e. The SMILES string of the molecule is CC(C)(C)OC(=O)N1CC[C@@H](C(=O)O)[C@H](c2cccc(NC(=O)c3cccc(N4CCCC4)n3)c2)C1. The van der Waals surface area contributed by atoms with Gasteiger partial charge in [0.05, 0.1) is 5.92 Å². The molecule has 0 aliphatic carbocycles. The highest BCUT2D eigenvalue weighted by molar-refractivity contribution is 6.03. The topological polar surface area (TPSA) is 112 Å². The predicted molar refractivity (Wildman–Crippen MR) is 136 cm³/mol. The third kappa shape index (κ3) is 6.13. The number of carbonyl (C=O) groups is 3. The minimum absolute atomic E-state index is 0.225. The molecular formula is C27H34N4O5. The van der Waals surface area contributed by atoms with Crippen LogP contribution in [-0.2, 0) is 9.53 Å². The van der Waals surface area contributed by atoms with Crippen molar-refractivity contribution in [2.75, 3.05) is 36.4 Å². The van der Waals surface area contributed by atoms with E-state index in [1.807, 2.05) is 18.2 Å². The summed E-state index contributed by atoms with van der Waals surface area (Å²) in [7, 11) is 0. The fraction of sp³-hybridized carbons (Fsp3) is 0.481. The van der Waals surface area contributed by atoms with Gasteiger partial charge in [-0.15, -0.1) is 0 Å². The molecule has 1 aromatic heterocycles. The Morgan fingerprint density at radius 2 is 1.78 bits per heavy atom. The maximum absolute atomic E-state index is 13.0. The van der Waals surface area contributed by atoms with Gasteiger partial charge in [0.15, 0.2) is 0 Å². The van der Waals surface area contributed by atoms with Crippen molar-refractivity contribution in [3.05, 3.63) is 53.7 Å². The lowest BCUT2D eigenvalue weighted by Crippen LogP contribution is -2.46. The molecule has 2 N–H and O–H groups in total. The van der Waals surface area contributed by atoms with E-state index in [0.29, 0.717) is 24.3 Å². The van der Waals surface area contributed by atoms with Gasteiger partial charge >= 0.3 is 12.1 Å². The molecule has 2 aliphatic rings. The minimum atomic E-state index is -0.902. The molecule has 2 atom stereocenters. The van der Waals surface area contributed by atoms with Gasteiger partial charge in [-0.2, -0.15) is 0 Å². The first-order valence-electron chi connectivity index (χ1n) is 12.4. The number of carboxylic acids is 1. The maximum atomic E-state index is 13.0. The van der Waals surface area contributed by atoms with Crippen LogP contribution in [0.4, 0.5) is 16.3 Å². The molecule has 2 amide bonds. The first-order valence-corrected chi connectivity index (χ1v) is 12.4. The Hall–Kier alpha value is -3.62. The zero-order valence-electron chi connectivity index (χ0n) is 21.1. The van der Waals surface area contributed by atoms with Crippen LogP contribution in [0.25, 0.3) is 0 Å². The Bertz CT molecular complexity index is 1120. The Labute approximate surface area is 211 Å². The normalized spacial score (nSPS) is 20.2. The van der Waals surface area contributed by atoms with E-state index < -0.39 is 29.5 Å². The number of hydrogen-bond acceptors (Lipinski definition) is 6. The summed E-state index contributed by atoms with van der Waals surface area (Å²) >= 11 is 0. The Kier molecular flexibility index (Phi) is 7.47. The number of benzene rings is 1. The number of nitrogens with one attached hydrogen (secondary N) is 1. The number of carboxylic acid groups (broad SMARTS) is 1. The third-order valence-electron chi connectivity index (χ3n) is 6.55. The van der Waals surface area contributed by atoms with Crippen molar-refractivity contribution >= 4 is 29.5 Å². The van der Waals surface area contributed by atoms with Crippen molar-refractivity contribution in [1.82, 2.24) is 9.88 Å². The first-order chi connectivity index (χ1) is 17.1. The summed E-state index contributed by atoms with van der Waals surface area (Å²) < 4.78 is 5.50. The highest BCUT2D eigenvalue weighted by atomic mass is 16.6. The molecule has 9 nitrogen and oxygen atoms in total. The van der Waals surface area contributed by atoms with E-state index in [1.165, 1.54) is 0 Å². The Morgan fingerprint density at radius 1 is 1.06 bits per heavy atom. The summed E-state index contributed by atoms with van der Waals surface area (Å²) in [4.78, 5) is 45.9. The summed E-state index contributed by atoms with van der Waals surface area (Å²) in [5, 5.41) is 12.7. The summed E-state index contributed by atoms with van der Waals surface area (Å²) in [6, 6.07) is 12.6. The van der Waals surface area contributed by atoms with Gasteiger partial charge in [0.2, 0.25) is 0 Å². The average molecular weight is 495 g/mol. The van der Waals surface area contributed by atoms with Gasteiger partial charge in [-0.05, 0) is 69.9 Å². The molecule has 3 heterocycles. The van der Waals surface area contributed by atoms with Gasteiger partial charge in [0.1, 0.15) is 17.1 Å². The molecule has 192 valence electrons.